The first-order valence-corrected chi connectivity index (χ1v) is 13.2. The largest absolute Gasteiger partial charge is 0.302 e. The van der Waals surface area contributed by atoms with Crippen LogP contribution in [0.3, 0.4) is 0 Å². The van der Waals surface area contributed by atoms with Crippen molar-refractivity contribution in [1.29, 1.82) is 0 Å². The average Bonchev–Trinajstić information content (AvgIpc) is 3.39. The van der Waals surface area contributed by atoms with Crippen molar-refractivity contribution >= 4 is 43.2 Å². The standard InChI is InChI=1S/C25H21N3O3S2/c29-24(17-9-6-14-28(15-17)33(30,31)18-10-2-1-3-11-18)27-25-26-22-19-12-4-7-16-8-5-13-20(21(16)19)23(22)32-25/h1-5,7-8,10-13,17H,6,9,14-15H2,(H,26,27,29). The van der Waals surface area contributed by atoms with Crippen molar-refractivity contribution in [1.82, 2.24) is 9.29 Å². The van der Waals surface area contributed by atoms with Gasteiger partial charge in [-0.1, -0.05) is 65.9 Å². The number of piperidine rings is 1. The van der Waals surface area contributed by atoms with Crippen molar-refractivity contribution in [2.24, 2.45) is 5.92 Å². The minimum atomic E-state index is -3.61. The van der Waals surface area contributed by atoms with Gasteiger partial charge in [0.25, 0.3) is 0 Å². The highest BCUT2D eigenvalue weighted by molar-refractivity contribution is 7.89. The van der Waals surface area contributed by atoms with Gasteiger partial charge >= 0.3 is 0 Å². The number of nitrogens with zero attached hydrogens (tertiary/aromatic N) is 2. The quantitative estimate of drug-likeness (QED) is 0.397. The maximum absolute atomic E-state index is 13.1. The summed E-state index contributed by atoms with van der Waals surface area (Å²) >= 11 is 1.47. The highest BCUT2D eigenvalue weighted by Crippen LogP contribution is 2.50. The van der Waals surface area contributed by atoms with Gasteiger partial charge in [-0.25, -0.2) is 13.4 Å². The van der Waals surface area contributed by atoms with E-state index in [1.54, 1.807) is 30.3 Å². The van der Waals surface area contributed by atoms with E-state index in [1.165, 1.54) is 26.4 Å². The fraction of sp³-hybridized carbons (Fsp3) is 0.200. The number of thiazole rings is 1. The van der Waals surface area contributed by atoms with Gasteiger partial charge in [-0.15, -0.1) is 0 Å². The first-order chi connectivity index (χ1) is 16.0. The second kappa shape index (κ2) is 7.76. The summed E-state index contributed by atoms with van der Waals surface area (Å²) in [5.74, 6) is -0.589. The molecule has 1 amide bonds. The Balaban J connectivity index is 1.22. The maximum Gasteiger partial charge on any atom is 0.243 e. The molecule has 1 fully saturated rings. The smallest absolute Gasteiger partial charge is 0.243 e. The normalized spacial score (nSPS) is 17.8. The minimum absolute atomic E-state index is 0.177. The number of hydrogen-bond acceptors (Lipinski definition) is 5. The molecular formula is C25H21N3O3S2. The molecule has 0 bridgehead atoms. The number of aromatic nitrogens is 1. The lowest BCUT2D eigenvalue weighted by Crippen LogP contribution is -2.43. The number of amides is 1. The maximum atomic E-state index is 13.1. The summed E-state index contributed by atoms with van der Waals surface area (Å²) in [7, 11) is -3.61. The molecule has 8 heteroatoms. The first-order valence-electron chi connectivity index (χ1n) is 10.9. The van der Waals surface area contributed by atoms with Crippen LogP contribution >= 0.6 is 11.3 Å². The minimum Gasteiger partial charge on any atom is -0.302 e. The van der Waals surface area contributed by atoms with Gasteiger partial charge in [0, 0.05) is 24.2 Å². The van der Waals surface area contributed by atoms with Crippen LogP contribution in [0.1, 0.15) is 12.8 Å². The molecule has 0 spiro atoms. The Morgan fingerprint density at radius 1 is 1.00 bits per heavy atom. The molecule has 1 N–H and O–H groups in total. The van der Waals surface area contributed by atoms with E-state index in [2.05, 4.69) is 29.6 Å². The van der Waals surface area contributed by atoms with Crippen molar-refractivity contribution in [3.05, 3.63) is 66.7 Å². The zero-order valence-electron chi connectivity index (χ0n) is 17.7. The highest BCUT2D eigenvalue weighted by atomic mass is 32.2. The fourth-order valence-electron chi connectivity index (χ4n) is 4.79. The molecule has 33 heavy (non-hydrogen) atoms. The van der Waals surface area contributed by atoms with E-state index < -0.39 is 15.9 Å². The molecule has 1 aliphatic heterocycles. The lowest BCUT2D eigenvalue weighted by atomic mass is 9.99. The first kappa shape index (κ1) is 20.5. The number of carbonyl (C=O) groups is 1. The summed E-state index contributed by atoms with van der Waals surface area (Å²) in [5, 5.41) is 5.91. The zero-order valence-corrected chi connectivity index (χ0v) is 19.3. The third kappa shape index (κ3) is 3.37. The Hall–Kier alpha value is -3.07. The molecule has 1 saturated heterocycles. The van der Waals surface area contributed by atoms with Gasteiger partial charge in [0.2, 0.25) is 15.9 Å². The molecule has 0 saturated carbocycles. The Kier molecular flexibility index (Phi) is 4.83. The Labute approximate surface area is 195 Å². The molecule has 1 unspecified atom stereocenters. The molecular weight excluding hydrogens is 454 g/mol. The Morgan fingerprint density at radius 3 is 2.55 bits per heavy atom. The molecule has 4 aromatic rings. The highest BCUT2D eigenvalue weighted by Gasteiger charge is 2.34. The van der Waals surface area contributed by atoms with Crippen LogP contribution in [0.2, 0.25) is 0 Å². The zero-order chi connectivity index (χ0) is 22.6. The summed E-state index contributed by atoms with van der Waals surface area (Å²) in [6, 6.07) is 20.8. The topological polar surface area (TPSA) is 79.4 Å². The van der Waals surface area contributed by atoms with Crippen LogP contribution in [0.15, 0.2) is 71.6 Å². The third-order valence-electron chi connectivity index (χ3n) is 6.40. The van der Waals surface area contributed by atoms with E-state index in [0.717, 1.165) is 21.7 Å². The summed E-state index contributed by atoms with van der Waals surface area (Å²) in [5.41, 5.74) is 3.14. The average molecular weight is 476 g/mol. The molecule has 2 aliphatic rings. The molecule has 6 rings (SSSR count). The lowest BCUT2D eigenvalue weighted by Gasteiger charge is -2.31. The van der Waals surface area contributed by atoms with Gasteiger partial charge in [0.1, 0.15) is 0 Å². The lowest BCUT2D eigenvalue weighted by molar-refractivity contribution is -0.120. The monoisotopic (exact) mass is 475 g/mol. The summed E-state index contributed by atoms with van der Waals surface area (Å²) < 4.78 is 27.4. The van der Waals surface area contributed by atoms with Crippen LogP contribution in [-0.4, -0.2) is 36.7 Å². The van der Waals surface area contributed by atoms with E-state index in [9.17, 15) is 13.2 Å². The number of carbonyl (C=O) groups excluding carboxylic acids is 1. The predicted octanol–water partition coefficient (Wildman–Crippen LogP) is 4.98. The van der Waals surface area contributed by atoms with Gasteiger partial charge in [-0.2, -0.15) is 4.31 Å². The van der Waals surface area contributed by atoms with Gasteiger partial charge in [0.15, 0.2) is 5.13 Å². The molecule has 2 heterocycles. The van der Waals surface area contributed by atoms with E-state index in [1.807, 2.05) is 12.1 Å². The van der Waals surface area contributed by atoms with Crippen molar-refractivity contribution in [2.45, 2.75) is 17.7 Å². The van der Waals surface area contributed by atoms with E-state index in [4.69, 9.17) is 4.98 Å². The van der Waals surface area contributed by atoms with Crippen LogP contribution in [0.4, 0.5) is 5.13 Å². The molecule has 6 nitrogen and oxygen atoms in total. The molecule has 166 valence electrons. The predicted molar refractivity (Wildman–Crippen MR) is 131 cm³/mol. The van der Waals surface area contributed by atoms with Crippen LogP contribution in [0, 0.1) is 5.92 Å². The van der Waals surface area contributed by atoms with Crippen LogP contribution in [-0.2, 0) is 14.8 Å². The van der Waals surface area contributed by atoms with Crippen LogP contribution < -0.4 is 5.32 Å². The third-order valence-corrected chi connectivity index (χ3v) is 9.28. The number of sulfonamides is 1. The van der Waals surface area contributed by atoms with Crippen molar-refractivity contribution in [3.63, 3.8) is 0 Å². The molecule has 3 aromatic carbocycles. The Bertz CT molecular complexity index is 1440. The number of hydrogen-bond donors (Lipinski definition) is 1. The SMILES string of the molecule is O=C(Nc1nc2c(s1)-c1cccc3cccc-2c13)C1CCCN(S(=O)(=O)c2ccccc2)C1. The fourth-order valence-corrected chi connectivity index (χ4v) is 7.35. The van der Waals surface area contributed by atoms with Gasteiger partial charge < -0.3 is 5.32 Å². The van der Waals surface area contributed by atoms with Crippen molar-refractivity contribution in [2.75, 3.05) is 18.4 Å². The second-order valence-corrected chi connectivity index (χ2v) is 11.3. The molecule has 1 aromatic heterocycles. The molecule has 0 radical (unpaired) electrons. The van der Waals surface area contributed by atoms with Crippen molar-refractivity contribution in [3.8, 4) is 21.7 Å². The summed E-state index contributed by atoms with van der Waals surface area (Å²) in [4.78, 5) is 19.1. The number of nitrogens with one attached hydrogen (secondary N) is 1. The van der Waals surface area contributed by atoms with Gasteiger partial charge in [-0.3, -0.25) is 4.79 Å². The number of anilines is 1. The molecule has 1 atom stereocenters. The van der Waals surface area contributed by atoms with Crippen LogP contribution in [0.5, 0.6) is 0 Å². The number of benzene rings is 3. The number of fused-ring (bicyclic) bond motifs is 3. The van der Waals surface area contributed by atoms with Gasteiger partial charge in [-0.05, 0) is 35.7 Å². The van der Waals surface area contributed by atoms with E-state index in [0.29, 0.717) is 24.5 Å². The number of rotatable bonds is 4. The molecule has 1 aliphatic carbocycles. The second-order valence-electron chi connectivity index (χ2n) is 8.41. The van der Waals surface area contributed by atoms with E-state index in [-0.39, 0.29) is 17.3 Å². The summed E-state index contributed by atoms with van der Waals surface area (Å²) in [6.45, 7) is 0.601. The Morgan fingerprint density at radius 2 is 1.76 bits per heavy atom. The summed E-state index contributed by atoms with van der Waals surface area (Å²) in [6.07, 6.45) is 1.30. The van der Waals surface area contributed by atoms with Crippen molar-refractivity contribution < 1.29 is 13.2 Å². The van der Waals surface area contributed by atoms with Crippen LogP contribution in [0.25, 0.3) is 32.5 Å². The van der Waals surface area contributed by atoms with E-state index >= 15 is 0 Å². The van der Waals surface area contributed by atoms with Gasteiger partial charge in [0.05, 0.1) is 21.4 Å².